The van der Waals surface area contributed by atoms with E-state index >= 15 is 0 Å². The third-order valence-corrected chi connectivity index (χ3v) is 12.0. The number of amides is 3. The maximum absolute atomic E-state index is 13.0. The standard InChI is InChI=1S/C45H51N5O4/c51-42-20-19-41(45(53)47-42)46-36-10-6-11-38(29-36)54-31-43(52)50-27-25-48(26-28-50)30-32-21-23-49(24-22-32)37-16-13-35(14-17-37)44-39-12-5-4-9-34(39)15-18-40(44)33-7-2-1-3-8-33/h1-14,16-17,29,32,40-41,44,46H,15,18-28,30-31H2,(H,47,51,53). The van der Waals surface area contributed by atoms with Crippen molar-refractivity contribution in [3.63, 3.8) is 0 Å². The number of hydrogen-bond donors (Lipinski definition) is 2. The van der Waals surface area contributed by atoms with Crippen LogP contribution in [-0.2, 0) is 20.8 Å². The largest absolute Gasteiger partial charge is 0.484 e. The van der Waals surface area contributed by atoms with Gasteiger partial charge in [0.05, 0.1) is 0 Å². The van der Waals surface area contributed by atoms with Crippen LogP contribution in [0.1, 0.15) is 66.2 Å². The van der Waals surface area contributed by atoms with E-state index in [9.17, 15) is 14.4 Å². The van der Waals surface area contributed by atoms with E-state index in [1.165, 1.54) is 47.2 Å². The van der Waals surface area contributed by atoms with Crippen LogP contribution in [-0.4, -0.2) is 86.0 Å². The molecule has 0 saturated carbocycles. The second-order valence-electron chi connectivity index (χ2n) is 15.4. The number of ether oxygens (including phenoxy) is 1. The summed E-state index contributed by atoms with van der Waals surface area (Å²) in [6, 6.07) is 36.4. The Bertz CT molecular complexity index is 1920. The lowest BCUT2D eigenvalue weighted by Gasteiger charge is -2.39. The zero-order valence-electron chi connectivity index (χ0n) is 31.0. The van der Waals surface area contributed by atoms with E-state index in [1.54, 1.807) is 12.1 Å². The van der Waals surface area contributed by atoms with Crippen molar-refractivity contribution in [2.24, 2.45) is 5.92 Å². The van der Waals surface area contributed by atoms with Gasteiger partial charge >= 0.3 is 0 Å². The molecule has 0 radical (unpaired) electrons. The molecule has 8 rings (SSSR count). The number of imide groups is 1. The van der Waals surface area contributed by atoms with E-state index in [1.807, 2.05) is 17.0 Å². The molecular weight excluding hydrogens is 675 g/mol. The molecule has 0 spiro atoms. The molecule has 4 aromatic carbocycles. The van der Waals surface area contributed by atoms with E-state index in [0.29, 0.717) is 55.1 Å². The Kier molecular flexibility index (Phi) is 10.9. The molecule has 0 bridgehead atoms. The van der Waals surface area contributed by atoms with Crippen molar-refractivity contribution < 1.29 is 19.1 Å². The number of hydrogen-bond acceptors (Lipinski definition) is 7. The number of anilines is 2. The second kappa shape index (κ2) is 16.5. The van der Waals surface area contributed by atoms with Gasteiger partial charge in [0.25, 0.3) is 5.91 Å². The number of carbonyl (C=O) groups excluding carboxylic acids is 3. The van der Waals surface area contributed by atoms with Gasteiger partial charge in [0.2, 0.25) is 11.8 Å². The first-order valence-electron chi connectivity index (χ1n) is 19.8. The van der Waals surface area contributed by atoms with Crippen LogP contribution in [0.25, 0.3) is 0 Å². The number of piperazine rings is 1. The smallest absolute Gasteiger partial charge is 0.260 e. The number of fused-ring (bicyclic) bond motifs is 1. The monoisotopic (exact) mass is 725 g/mol. The highest BCUT2D eigenvalue weighted by Gasteiger charge is 2.32. The summed E-state index contributed by atoms with van der Waals surface area (Å²) in [7, 11) is 0. The van der Waals surface area contributed by atoms with Gasteiger partial charge in [0.15, 0.2) is 6.61 Å². The molecule has 3 amide bonds. The zero-order chi connectivity index (χ0) is 36.9. The number of carbonyl (C=O) groups is 3. The first-order valence-corrected chi connectivity index (χ1v) is 19.8. The predicted molar refractivity (Wildman–Crippen MR) is 212 cm³/mol. The summed E-state index contributed by atoms with van der Waals surface area (Å²) in [5, 5.41) is 5.53. The fraction of sp³-hybridized carbons (Fsp3) is 0.400. The van der Waals surface area contributed by atoms with E-state index < -0.39 is 6.04 Å². The highest BCUT2D eigenvalue weighted by atomic mass is 16.5. The van der Waals surface area contributed by atoms with E-state index in [2.05, 4.69) is 99.3 Å². The summed E-state index contributed by atoms with van der Waals surface area (Å²) >= 11 is 0. The summed E-state index contributed by atoms with van der Waals surface area (Å²) < 4.78 is 5.86. The fourth-order valence-electron chi connectivity index (χ4n) is 8.99. The van der Waals surface area contributed by atoms with Crippen LogP contribution >= 0.6 is 0 Å². The lowest BCUT2D eigenvalue weighted by atomic mass is 9.69. The molecular formula is C45H51N5O4. The third-order valence-electron chi connectivity index (χ3n) is 12.0. The van der Waals surface area contributed by atoms with Gasteiger partial charge in [0.1, 0.15) is 11.8 Å². The molecule has 9 nitrogen and oxygen atoms in total. The van der Waals surface area contributed by atoms with Crippen molar-refractivity contribution in [1.29, 1.82) is 0 Å². The highest BCUT2D eigenvalue weighted by molar-refractivity contribution is 6.01. The van der Waals surface area contributed by atoms with E-state index in [-0.39, 0.29) is 24.3 Å². The average molecular weight is 726 g/mol. The Hall–Kier alpha value is -5.15. The number of nitrogens with one attached hydrogen (secondary N) is 2. The first-order chi connectivity index (χ1) is 26.5. The maximum atomic E-state index is 13.0. The van der Waals surface area contributed by atoms with Crippen LogP contribution in [0.15, 0.2) is 103 Å². The van der Waals surface area contributed by atoms with Gasteiger partial charge in [-0.05, 0) is 90.5 Å². The summed E-state index contributed by atoms with van der Waals surface area (Å²) in [6.07, 6.45) is 5.42. The number of piperidine rings is 2. The van der Waals surface area contributed by atoms with Crippen molar-refractivity contribution in [1.82, 2.24) is 15.1 Å². The lowest BCUT2D eigenvalue weighted by Crippen LogP contribution is -2.51. The summed E-state index contributed by atoms with van der Waals surface area (Å²) in [5.41, 5.74) is 7.85. The summed E-state index contributed by atoms with van der Waals surface area (Å²) in [6.45, 7) is 6.39. The van der Waals surface area contributed by atoms with Gasteiger partial charge in [-0.25, -0.2) is 0 Å². The minimum Gasteiger partial charge on any atom is -0.484 e. The normalized spacial score (nSPS) is 22.3. The second-order valence-corrected chi connectivity index (χ2v) is 15.4. The molecule has 3 aliphatic heterocycles. The quantitative estimate of drug-likeness (QED) is 0.188. The Morgan fingerprint density at radius 1 is 0.741 bits per heavy atom. The van der Waals surface area contributed by atoms with Gasteiger partial charge < -0.3 is 19.9 Å². The van der Waals surface area contributed by atoms with Crippen LogP contribution in [0.3, 0.4) is 0 Å². The van der Waals surface area contributed by atoms with Gasteiger partial charge in [-0.15, -0.1) is 0 Å². The molecule has 3 unspecified atom stereocenters. The van der Waals surface area contributed by atoms with E-state index in [4.69, 9.17) is 4.74 Å². The van der Waals surface area contributed by atoms with Crippen molar-refractivity contribution in [2.45, 2.75) is 56.4 Å². The molecule has 4 aliphatic rings. The van der Waals surface area contributed by atoms with Crippen LogP contribution in [0.5, 0.6) is 5.75 Å². The maximum Gasteiger partial charge on any atom is 0.260 e. The van der Waals surface area contributed by atoms with Gasteiger partial charge in [-0.1, -0.05) is 72.8 Å². The minimum atomic E-state index is -0.472. The minimum absolute atomic E-state index is 0.0132. The molecule has 2 N–H and O–H groups in total. The van der Waals surface area contributed by atoms with Crippen molar-refractivity contribution in [3.05, 3.63) is 125 Å². The Balaban J connectivity index is 0.784. The predicted octanol–water partition coefficient (Wildman–Crippen LogP) is 6.21. The van der Waals surface area contributed by atoms with Gasteiger partial charge in [-0.3, -0.25) is 24.6 Å². The van der Waals surface area contributed by atoms with Crippen LogP contribution in [0.4, 0.5) is 11.4 Å². The number of rotatable bonds is 10. The molecule has 4 aromatic rings. The van der Waals surface area contributed by atoms with Gasteiger partial charge in [-0.2, -0.15) is 0 Å². The van der Waals surface area contributed by atoms with Gasteiger partial charge in [0, 0.05) is 75.6 Å². The Morgan fingerprint density at radius 2 is 1.50 bits per heavy atom. The first kappa shape index (κ1) is 35.9. The van der Waals surface area contributed by atoms with Crippen molar-refractivity contribution >= 4 is 29.1 Å². The molecule has 280 valence electrons. The molecule has 54 heavy (non-hydrogen) atoms. The average Bonchev–Trinajstić information content (AvgIpc) is 3.22. The van der Waals surface area contributed by atoms with Crippen LogP contribution < -0.4 is 20.3 Å². The summed E-state index contributed by atoms with van der Waals surface area (Å²) in [4.78, 5) is 43.6. The molecule has 3 atom stereocenters. The van der Waals surface area contributed by atoms with E-state index in [0.717, 1.165) is 39.1 Å². The molecule has 3 heterocycles. The number of nitrogens with zero attached hydrogens (tertiary/aromatic N) is 3. The fourth-order valence-corrected chi connectivity index (χ4v) is 8.99. The number of aryl methyl sites for hydroxylation is 1. The molecule has 3 fully saturated rings. The number of benzene rings is 4. The van der Waals surface area contributed by atoms with Crippen molar-refractivity contribution in [2.75, 3.05) is 62.6 Å². The van der Waals surface area contributed by atoms with Crippen LogP contribution in [0, 0.1) is 5.92 Å². The Labute approximate surface area is 318 Å². The topological polar surface area (TPSA) is 94.2 Å². The molecule has 0 aromatic heterocycles. The molecule has 1 aliphatic carbocycles. The molecule has 3 saturated heterocycles. The van der Waals surface area contributed by atoms with Crippen LogP contribution in [0.2, 0.25) is 0 Å². The lowest BCUT2D eigenvalue weighted by molar-refractivity contribution is -0.135. The molecule has 9 heteroatoms. The summed E-state index contributed by atoms with van der Waals surface area (Å²) in [5.74, 6) is 1.50. The van der Waals surface area contributed by atoms with Crippen molar-refractivity contribution in [3.8, 4) is 5.75 Å². The SMILES string of the molecule is O=C1CCC(Nc2cccc(OCC(=O)N3CCN(CC4CCN(c5ccc(C6c7ccccc7CCC6c6ccccc6)cc5)CC4)CC3)c2)C(=O)N1. The third kappa shape index (κ3) is 8.31. The highest BCUT2D eigenvalue weighted by Crippen LogP contribution is 2.46. The zero-order valence-corrected chi connectivity index (χ0v) is 31.0. The Morgan fingerprint density at radius 3 is 2.28 bits per heavy atom.